The highest BCUT2D eigenvalue weighted by Gasteiger charge is 2.30. The molecule has 0 aromatic heterocycles. The second-order valence-electron chi connectivity index (χ2n) is 7.07. The molecule has 5 heteroatoms. The summed E-state index contributed by atoms with van der Waals surface area (Å²) in [6, 6.07) is 4.85. The summed E-state index contributed by atoms with van der Waals surface area (Å²) in [5.41, 5.74) is 1.69. The van der Waals surface area contributed by atoms with Crippen molar-refractivity contribution in [2.24, 2.45) is 11.3 Å². The lowest BCUT2D eigenvalue weighted by Crippen LogP contribution is -2.44. The second-order valence-corrected chi connectivity index (χ2v) is 7.07. The number of aryl methyl sites for hydroxylation is 1. The topological polar surface area (TPSA) is 78.4 Å². The summed E-state index contributed by atoms with van der Waals surface area (Å²) in [7, 11) is 0. The second kappa shape index (κ2) is 7.59. The predicted octanol–water partition coefficient (Wildman–Crippen LogP) is 3.36. The molecule has 0 heterocycles. The standard InChI is InChI=1S/C18H28N2O3/c1-11(2)16(22)18(5,6)10-19-17(23)20-14-7-8-15(13(4)21)12(3)9-14/h7-9,11,16,22H,10H2,1-6H3,(H2,19,20,23). The minimum Gasteiger partial charge on any atom is -0.392 e. The molecule has 1 aromatic carbocycles. The average molecular weight is 320 g/mol. The molecule has 23 heavy (non-hydrogen) atoms. The van der Waals surface area contributed by atoms with Crippen molar-refractivity contribution < 1.29 is 14.7 Å². The van der Waals surface area contributed by atoms with Crippen molar-refractivity contribution in [1.29, 1.82) is 0 Å². The molecule has 3 N–H and O–H groups in total. The molecule has 0 bridgehead atoms. The molecule has 0 radical (unpaired) electrons. The van der Waals surface area contributed by atoms with Gasteiger partial charge in [-0.3, -0.25) is 4.79 Å². The largest absolute Gasteiger partial charge is 0.392 e. The molecule has 0 saturated heterocycles. The van der Waals surface area contributed by atoms with E-state index in [0.29, 0.717) is 17.8 Å². The number of amides is 2. The van der Waals surface area contributed by atoms with E-state index < -0.39 is 11.5 Å². The van der Waals surface area contributed by atoms with E-state index >= 15 is 0 Å². The summed E-state index contributed by atoms with van der Waals surface area (Å²) in [6.07, 6.45) is -0.500. The van der Waals surface area contributed by atoms with E-state index in [1.54, 1.807) is 18.2 Å². The Morgan fingerprint density at radius 1 is 1.26 bits per heavy atom. The molecule has 2 amide bonds. The van der Waals surface area contributed by atoms with Gasteiger partial charge >= 0.3 is 6.03 Å². The van der Waals surface area contributed by atoms with E-state index in [1.807, 2.05) is 34.6 Å². The molecular weight excluding hydrogens is 292 g/mol. The van der Waals surface area contributed by atoms with Crippen molar-refractivity contribution in [2.45, 2.75) is 47.6 Å². The zero-order valence-electron chi connectivity index (χ0n) is 14.9. The number of benzene rings is 1. The number of carbonyl (C=O) groups is 2. The Hall–Kier alpha value is -1.88. The van der Waals surface area contributed by atoms with E-state index in [9.17, 15) is 14.7 Å². The van der Waals surface area contributed by atoms with Crippen LogP contribution in [0, 0.1) is 18.3 Å². The van der Waals surface area contributed by atoms with E-state index in [4.69, 9.17) is 0 Å². The summed E-state index contributed by atoms with van der Waals surface area (Å²) < 4.78 is 0. The van der Waals surface area contributed by atoms with Crippen LogP contribution >= 0.6 is 0 Å². The summed E-state index contributed by atoms with van der Waals surface area (Å²) in [4.78, 5) is 23.4. The number of nitrogens with one attached hydrogen (secondary N) is 2. The molecule has 0 aliphatic carbocycles. The van der Waals surface area contributed by atoms with Crippen molar-refractivity contribution in [1.82, 2.24) is 5.32 Å². The molecule has 0 aliphatic heterocycles. The number of aliphatic hydroxyl groups excluding tert-OH is 1. The SMILES string of the molecule is CC(=O)c1ccc(NC(=O)NCC(C)(C)C(O)C(C)C)cc1C. The Morgan fingerprint density at radius 3 is 2.35 bits per heavy atom. The number of carbonyl (C=O) groups excluding carboxylic acids is 2. The maximum Gasteiger partial charge on any atom is 0.319 e. The first kappa shape index (κ1) is 19.2. The van der Waals surface area contributed by atoms with Crippen molar-refractivity contribution in [2.75, 3.05) is 11.9 Å². The molecule has 1 aromatic rings. The molecule has 0 saturated carbocycles. The first-order chi connectivity index (χ1) is 10.5. The molecule has 5 nitrogen and oxygen atoms in total. The fourth-order valence-corrected chi connectivity index (χ4v) is 2.63. The molecule has 1 unspecified atom stereocenters. The van der Waals surface area contributed by atoms with Gasteiger partial charge in [-0.15, -0.1) is 0 Å². The fraction of sp³-hybridized carbons (Fsp3) is 0.556. The van der Waals surface area contributed by atoms with Gasteiger partial charge in [0.2, 0.25) is 0 Å². The zero-order valence-corrected chi connectivity index (χ0v) is 14.9. The number of hydrogen-bond acceptors (Lipinski definition) is 3. The van der Waals surface area contributed by atoms with Crippen LogP contribution in [0.3, 0.4) is 0 Å². The van der Waals surface area contributed by atoms with Crippen LogP contribution in [0.2, 0.25) is 0 Å². The molecule has 0 spiro atoms. The van der Waals surface area contributed by atoms with Crippen LogP contribution < -0.4 is 10.6 Å². The van der Waals surface area contributed by atoms with Crippen molar-refractivity contribution in [3.63, 3.8) is 0 Å². The third-order valence-electron chi connectivity index (χ3n) is 4.00. The van der Waals surface area contributed by atoms with E-state index in [0.717, 1.165) is 5.56 Å². The molecule has 1 atom stereocenters. The molecule has 1 rings (SSSR count). The van der Waals surface area contributed by atoms with Gasteiger partial charge in [0, 0.05) is 23.2 Å². The van der Waals surface area contributed by atoms with Gasteiger partial charge in [-0.1, -0.05) is 27.7 Å². The Bertz CT molecular complexity index is 580. The lowest BCUT2D eigenvalue weighted by molar-refractivity contribution is 0.0154. The lowest BCUT2D eigenvalue weighted by atomic mass is 9.81. The number of hydrogen-bond donors (Lipinski definition) is 3. The van der Waals surface area contributed by atoms with Gasteiger partial charge in [-0.25, -0.2) is 4.79 Å². The normalized spacial score (nSPS) is 12.9. The van der Waals surface area contributed by atoms with E-state index in [1.165, 1.54) is 6.92 Å². The summed E-state index contributed by atoms with van der Waals surface area (Å²) in [6.45, 7) is 11.5. The predicted molar refractivity (Wildman–Crippen MR) is 92.8 cm³/mol. The van der Waals surface area contributed by atoms with Crippen LogP contribution in [-0.2, 0) is 0 Å². The highest BCUT2D eigenvalue weighted by molar-refractivity contribution is 5.96. The minimum atomic E-state index is -0.500. The highest BCUT2D eigenvalue weighted by Crippen LogP contribution is 2.25. The molecule has 0 fully saturated rings. The van der Waals surface area contributed by atoms with Gasteiger partial charge in [0.05, 0.1) is 6.10 Å². The van der Waals surface area contributed by atoms with Crippen molar-refractivity contribution in [3.8, 4) is 0 Å². The molecule has 0 aliphatic rings. The molecular formula is C18H28N2O3. The number of ketones is 1. The number of anilines is 1. The third-order valence-corrected chi connectivity index (χ3v) is 4.00. The van der Waals surface area contributed by atoms with Crippen molar-refractivity contribution in [3.05, 3.63) is 29.3 Å². The lowest BCUT2D eigenvalue weighted by Gasteiger charge is -2.33. The monoisotopic (exact) mass is 320 g/mol. The Kier molecular flexibility index (Phi) is 6.33. The quantitative estimate of drug-likeness (QED) is 0.703. The van der Waals surface area contributed by atoms with Gasteiger partial charge in [0.15, 0.2) is 5.78 Å². The minimum absolute atomic E-state index is 0.00271. The first-order valence-electron chi connectivity index (χ1n) is 7.89. The number of aliphatic hydroxyl groups is 1. The Balaban J connectivity index is 2.64. The first-order valence-corrected chi connectivity index (χ1v) is 7.89. The molecule has 128 valence electrons. The Morgan fingerprint density at radius 2 is 1.87 bits per heavy atom. The van der Waals surface area contributed by atoms with Gasteiger partial charge in [0.25, 0.3) is 0 Å². The number of rotatable bonds is 6. The van der Waals surface area contributed by atoms with Crippen LogP contribution in [0.25, 0.3) is 0 Å². The van der Waals surface area contributed by atoms with E-state index in [-0.39, 0.29) is 17.7 Å². The van der Waals surface area contributed by atoms with Crippen molar-refractivity contribution >= 4 is 17.5 Å². The summed E-state index contributed by atoms with van der Waals surface area (Å²) in [5, 5.41) is 15.7. The average Bonchev–Trinajstić information content (AvgIpc) is 2.44. The highest BCUT2D eigenvalue weighted by atomic mass is 16.3. The van der Waals surface area contributed by atoms with Crippen LogP contribution in [-0.4, -0.2) is 29.6 Å². The van der Waals surface area contributed by atoms with Crippen LogP contribution in [0.4, 0.5) is 10.5 Å². The zero-order chi connectivity index (χ0) is 17.8. The van der Waals surface area contributed by atoms with Gasteiger partial charge in [-0.05, 0) is 43.5 Å². The maximum absolute atomic E-state index is 12.0. The van der Waals surface area contributed by atoms with Crippen LogP contribution in [0.5, 0.6) is 0 Å². The van der Waals surface area contributed by atoms with E-state index in [2.05, 4.69) is 10.6 Å². The number of urea groups is 1. The van der Waals surface area contributed by atoms with Gasteiger partial charge in [-0.2, -0.15) is 0 Å². The maximum atomic E-state index is 12.0. The van der Waals surface area contributed by atoms with Gasteiger partial charge in [0.1, 0.15) is 0 Å². The summed E-state index contributed by atoms with van der Waals surface area (Å²) >= 11 is 0. The fourth-order valence-electron chi connectivity index (χ4n) is 2.63. The van der Waals surface area contributed by atoms with Crippen LogP contribution in [0.1, 0.15) is 50.5 Å². The summed E-state index contributed by atoms with van der Waals surface area (Å²) in [5.74, 6) is 0.125. The number of Topliss-reactive ketones (excluding diaryl/α,β-unsaturated/α-hetero) is 1. The van der Waals surface area contributed by atoms with Gasteiger partial charge < -0.3 is 15.7 Å². The Labute approximate surface area is 138 Å². The smallest absolute Gasteiger partial charge is 0.319 e. The van der Waals surface area contributed by atoms with Crippen LogP contribution in [0.15, 0.2) is 18.2 Å². The third kappa shape index (κ3) is 5.36.